The minimum atomic E-state index is -3.76. The number of hydrogen-bond donors (Lipinski definition) is 2. The van der Waals surface area contributed by atoms with Crippen molar-refractivity contribution in [2.24, 2.45) is 0 Å². The van der Waals surface area contributed by atoms with Crippen molar-refractivity contribution < 1.29 is 22.8 Å². The molecular weight excluding hydrogens is 374 g/mol. The molecule has 0 unspecified atom stereocenters. The Kier molecular flexibility index (Phi) is 6.59. The number of sulfonamides is 1. The molecule has 0 aliphatic heterocycles. The second kappa shape index (κ2) is 8.69. The van der Waals surface area contributed by atoms with Crippen molar-refractivity contribution in [3.63, 3.8) is 0 Å². The summed E-state index contributed by atoms with van der Waals surface area (Å²) >= 11 is 0. The van der Waals surface area contributed by atoms with E-state index in [1.165, 1.54) is 19.2 Å². The summed E-state index contributed by atoms with van der Waals surface area (Å²) in [6.07, 6.45) is 0.577. The SMILES string of the molecule is CNS(=O)(=O)c1ccc(NCCc2ccc(OC)c(OC)c2)c([N+](=O)[O-])c1. The molecule has 0 aliphatic carbocycles. The van der Waals surface area contributed by atoms with Crippen LogP contribution < -0.4 is 19.5 Å². The van der Waals surface area contributed by atoms with Crippen LogP contribution in [0.3, 0.4) is 0 Å². The van der Waals surface area contributed by atoms with Crippen LogP contribution in [0, 0.1) is 10.1 Å². The van der Waals surface area contributed by atoms with Gasteiger partial charge in [0.15, 0.2) is 11.5 Å². The topological polar surface area (TPSA) is 120 Å². The number of hydrogen-bond acceptors (Lipinski definition) is 7. The number of nitrogens with one attached hydrogen (secondary N) is 2. The van der Waals surface area contributed by atoms with Crippen LogP contribution in [0.2, 0.25) is 0 Å². The monoisotopic (exact) mass is 395 g/mol. The van der Waals surface area contributed by atoms with Gasteiger partial charge in [0.05, 0.1) is 24.0 Å². The lowest BCUT2D eigenvalue weighted by molar-refractivity contribution is -0.384. The van der Waals surface area contributed by atoms with Crippen molar-refractivity contribution in [3.05, 3.63) is 52.1 Å². The number of rotatable bonds is 9. The second-order valence-electron chi connectivity index (χ2n) is 5.51. The van der Waals surface area contributed by atoms with Crippen molar-refractivity contribution in [3.8, 4) is 11.5 Å². The Morgan fingerprint density at radius 3 is 2.37 bits per heavy atom. The molecule has 0 saturated carbocycles. The number of nitrogens with zero attached hydrogens (tertiary/aromatic N) is 1. The predicted octanol–water partition coefficient (Wildman–Crippen LogP) is 2.17. The molecule has 2 aromatic rings. The first-order valence-electron chi connectivity index (χ1n) is 7.99. The molecule has 0 atom stereocenters. The normalized spacial score (nSPS) is 11.1. The minimum absolute atomic E-state index is 0.165. The predicted molar refractivity (Wildman–Crippen MR) is 101 cm³/mol. The quantitative estimate of drug-likeness (QED) is 0.493. The van der Waals surface area contributed by atoms with Crippen LogP contribution in [0.25, 0.3) is 0 Å². The Morgan fingerprint density at radius 1 is 1.07 bits per heavy atom. The molecule has 0 aliphatic rings. The zero-order valence-electron chi connectivity index (χ0n) is 15.2. The first-order chi connectivity index (χ1) is 12.8. The molecular formula is C17H21N3O6S. The number of anilines is 1. The molecule has 0 amide bonds. The van der Waals surface area contributed by atoms with Gasteiger partial charge in [0, 0.05) is 12.6 Å². The van der Waals surface area contributed by atoms with E-state index in [1.807, 2.05) is 12.1 Å². The standard InChI is InChI=1S/C17H21N3O6S/c1-18-27(23,24)13-5-6-14(15(11-13)20(21)22)19-9-8-12-4-7-16(25-2)17(10-12)26-3/h4-7,10-11,18-19H,8-9H2,1-3H3. The third-order valence-electron chi connectivity index (χ3n) is 3.92. The van der Waals surface area contributed by atoms with Gasteiger partial charge in [-0.05, 0) is 43.3 Å². The molecule has 2 rings (SSSR count). The van der Waals surface area contributed by atoms with E-state index in [4.69, 9.17) is 9.47 Å². The van der Waals surface area contributed by atoms with Crippen molar-refractivity contribution in [1.82, 2.24) is 4.72 Å². The van der Waals surface area contributed by atoms with Gasteiger partial charge in [0.25, 0.3) is 5.69 Å². The maximum Gasteiger partial charge on any atom is 0.293 e. The lowest BCUT2D eigenvalue weighted by Crippen LogP contribution is -2.19. The third-order valence-corrected chi connectivity index (χ3v) is 5.33. The van der Waals surface area contributed by atoms with E-state index in [-0.39, 0.29) is 16.3 Å². The van der Waals surface area contributed by atoms with Crippen LogP contribution in [-0.2, 0) is 16.4 Å². The largest absolute Gasteiger partial charge is 0.493 e. The molecule has 10 heteroatoms. The van der Waals surface area contributed by atoms with E-state index < -0.39 is 14.9 Å². The molecule has 146 valence electrons. The summed E-state index contributed by atoms with van der Waals surface area (Å²) < 4.78 is 36.2. The molecule has 0 bridgehead atoms. The fraction of sp³-hybridized carbons (Fsp3) is 0.294. The highest BCUT2D eigenvalue weighted by Crippen LogP contribution is 2.29. The highest BCUT2D eigenvalue weighted by molar-refractivity contribution is 7.89. The van der Waals surface area contributed by atoms with E-state index in [0.29, 0.717) is 24.5 Å². The molecule has 0 radical (unpaired) electrons. The fourth-order valence-electron chi connectivity index (χ4n) is 2.47. The van der Waals surface area contributed by atoms with Crippen LogP contribution in [0.15, 0.2) is 41.3 Å². The summed E-state index contributed by atoms with van der Waals surface area (Å²) in [6, 6.07) is 9.23. The van der Waals surface area contributed by atoms with Crippen LogP contribution >= 0.6 is 0 Å². The molecule has 2 N–H and O–H groups in total. The molecule has 0 aromatic heterocycles. The van der Waals surface area contributed by atoms with Gasteiger partial charge in [-0.1, -0.05) is 6.07 Å². The average Bonchev–Trinajstić information content (AvgIpc) is 2.67. The maximum absolute atomic E-state index is 11.8. The zero-order chi connectivity index (χ0) is 20.0. The lowest BCUT2D eigenvalue weighted by atomic mass is 10.1. The molecule has 0 fully saturated rings. The highest BCUT2D eigenvalue weighted by Gasteiger charge is 2.20. The zero-order valence-corrected chi connectivity index (χ0v) is 16.0. The first-order valence-corrected chi connectivity index (χ1v) is 9.47. The van der Waals surface area contributed by atoms with E-state index >= 15 is 0 Å². The fourth-order valence-corrected chi connectivity index (χ4v) is 3.22. The minimum Gasteiger partial charge on any atom is -0.493 e. The van der Waals surface area contributed by atoms with Gasteiger partial charge in [-0.2, -0.15) is 0 Å². The Labute approximate surface area is 157 Å². The van der Waals surface area contributed by atoms with Gasteiger partial charge in [-0.25, -0.2) is 13.1 Å². The maximum atomic E-state index is 11.8. The van der Waals surface area contributed by atoms with Crippen LogP contribution in [0.5, 0.6) is 11.5 Å². The Hall–Kier alpha value is -2.85. The number of nitro groups is 1. The van der Waals surface area contributed by atoms with Gasteiger partial charge in [0.2, 0.25) is 10.0 Å². The smallest absolute Gasteiger partial charge is 0.293 e. The lowest BCUT2D eigenvalue weighted by Gasteiger charge is -2.11. The van der Waals surface area contributed by atoms with Crippen LogP contribution in [0.4, 0.5) is 11.4 Å². The Morgan fingerprint density at radius 2 is 1.78 bits per heavy atom. The number of nitro benzene ring substituents is 1. The summed E-state index contributed by atoms with van der Waals surface area (Å²) in [4.78, 5) is 10.5. The summed E-state index contributed by atoms with van der Waals surface area (Å²) in [6.45, 7) is 0.411. The summed E-state index contributed by atoms with van der Waals surface area (Å²) in [5.74, 6) is 1.22. The molecule has 2 aromatic carbocycles. The molecule has 0 saturated heterocycles. The molecule has 0 spiro atoms. The summed E-state index contributed by atoms with van der Waals surface area (Å²) in [7, 11) is 0.587. The Bertz CT molecular complexity index is 930. The van der Waals surface area contributed by atoms with Crippen LogP contribution in [0.1, 0.15) is 5.56 Å². The number of ether oxygens (including phenoxy) is 2. The van der Waals surface area contributed by atoms with E-state index in [9.17, 15) is 18.5 Å². The van der Waals surface area contributed by atoms with Gasteiger partial charge >= 0.3 is 0 Å². The van der Waals surface area contributed by atoms with Crippen molar-refractivity contribution >= 4 is 21.4 Å². The third kappa shape index (κ3) is 4.86. The van der Waals surface area contributed by atoms with Crippen molar-refractivity contribution in [1.29, 1.82) is 0 Å². The van der Waals surface area contributed by atoms with Gasteiger partial charge < -0.3 is 14.8 Å². The molecule has 9 nitrogen and oxygen atoms in total. The van der Waals surface area contributed by atoms with Gasteiger partial charge in [0.1, 0.15) is 5.69 Å². The highest BCUT2D eigenvalue weighted by atomic mass is 32.2. The summed E-state index contributed by atoms with van der Waals surface area (Å²) in [5.41, 5.74) is 0.895. The van der Waals surface area contributed by atoms with Gasteiger partial charge in [-0.3, -0.25) is 10.1 Å². The number of methoxy groups -OCH3 is 2. The van der Waals surface area contributed by atoms with E-state index in [2.05, 4.69) is 10.0 Å². The summed E-state index contributed by atoms with van der Waals surface area (Å²) in [5, 5.41) is 14.3. The molecule has 0 heterocycles. The van der Waals surface area contributed by atoms with E-state index in [0.717, 1.165) is 11.6 Å². The average molecular weight is 395 g/mol. The number of benzene rings is 2. The van der Waals surface area contributed by atoms with Crippen LogP contribution in [-0.4, -0.2) is 41.2 Å². The first kappa shape index (κ1) is 20.5. The second-order valence-corrected chi connectivity index (χ2v) is 7.40. The van der Waals surface area contributed by atoms with Crippen molar-refractivity contribution in [2.75, 3.05) is 33.1 Å². The molecule has 27 heavy (non-hydrogen) atoms. The van der Waals surface area contributed by atoms with Crippen molar-refractivity contribution in [2.45, 2.75) is 11.3 Å². The Balaban J connectivity index is 2.15. The van der Waals surface area contributed by atoms with E-state index in [1.54, 1.807) is 20.3 Å². The van der Waals surface area contributed by atoms with Gasteiger partial charge in [-0.15, -0.1) is 0 Å².